The molecule has 1 aliphatic rings. The molecule has 0 aromatic heterocycles. The monoisotopic (exact) mass is 273 g/mol. The van der Waals surface area contributed by atoms with Crippen molar-refractivity contribution in [2.45, 2.75) is 0 Å². The van der Waals surface area contributed by atoms with Crippen molar-refractivity contribution in [1.82, 2.24) is 0 Å². The summed E-state index contributed by atoms with van der Waals surface area (Å²) in [5.74, 6) is 0.991. The molecule has 4 heteroatoms. The quantitative estimate of drug-likeness (QED) is 0.645. The summed E-state index contributed by atoms with van der Waals surface area (Å²) >= 11 is 0. The third kappa shape index (κ3) is 4.06. The van der Waals surface area contributed by atoms with Crippen LogP contribution in [0.3, 0.4) is 0 Å². The molecule has 0 N–H and O–H groups in total. The summed E-state index contributed by atoms with van der Waals surface area (Å²) in [4.78, 5) is 0. The van der Waals surface area contributed by atoms with E-state index in [2.05, 4.69) is 6.08 Å². The first-order valence-corrected chi connectivity index (χ1v) is 3.35. The largest absolute Gasteiger partial charge is 0.489 e. The molecule has 0 amide bonds. The minimum Gasteiger partial charge on any atom is -0.489 e. The van der Waals surface area contributed by atoms with Gasteiger partial charge in [0.05, 0.1) is 0 Å². The van der Waals surface area contributed by atoms with Crippen molar-refractivity contribution in [3.05, 3.63) is 35.9 Å². The number of para-hydroxylation sites is 1. The maximum Gasteiger partial charge on any atom is 0.316 e. The summed E-state index contributed by atoms with van der Waals surface area (Å²) in [5, 5.41) is 0. The third-order valence-corrected chi connectivity index (χ3v) is 1.55. The second kappa shape index (κ2) is 7.91. The molecule has 1 aromatic carbocycles. The first kappa shape index (κ1) is 16.0. The van der Waals surface area contributed by atoms with Gasteiger partial charge in [-0.15, -0.1) is 0 Å². The smallest absolute Gasteiger partial charge is 0.316 e. The minimum atomic E-state index is 0. The molecule has 0 fully saturated rings. The van der Waals surface area contributed by atoms with E-state index in [4.69, 9.17) is 4.74 Å². The van der Waals surface area contributed by atoms with E-state index in [0.717, 1.165) is 5.75 Å². The van der Waals surface area contributed by atoms with E-state index in [9.17, 15) is 0 Å². The van der Waals surface area contributed by atoms with E-state index in [1.807, 2.05) is 30.3 Å². The van der Waals surface area contributed by atoms with Gasteiger partial charge < -0.3 is 4.74 Å². The maximum absolute atomic E-state index is 5.34. The first-order valence-electron chi connectivity index (χ1n) is 3.35. The molecule has 1 aromatic rings. The van der Waals surface area contributed by atoms with E-state index in [-0.39, 0.29) is 56.9 Å². The maximum atomic E-state index is 5.34. The predicted molar refractivity (Wildman–Crippen MR) is 49.5 cm³/mol. The van der Waals surface area contributed by atoms with Gasteiger partial charge >= 0.3 is 23.1 Å². The molecular formula is C9H10CoFeMgO. The van der Waals surface area contributed by atoms with Crippen molar-refractivity contribution in [2.75, 3.05) is 6.61 Å². The van der Waals surface area contributed by atoms with Crippen molar-refractivity contribution >= 4 is 29.1 Å². The molecule has 1 radical (unpaired) electrons. The zero-order chi connectivity index (χ0) is 6.81. The van der Waals surface area contributed by atoms with Crippen LogP contribution in [-0.2, 0) is 33.8 Å². The Bertz CT molecular complexity index is 278. The van der Waals surface area contributed by atoms with Crippen LogP contribution in [0.4, 0.5) is 0 Å². The Morgan fingerprint density at radius 1 is 1.15 bits per heavy atom. The van der Waals surface area contributed by atoms with Crippen LogP contribution in [0, 0.1) is 0 Å². The van der Waals surface area contributed by atoms with Crippen LogP contribution in [0.2, 0.25) is 0 Å². The van der Waals surface area contributed by atoms with Gasteiger partial charge in [-0.25, -0.2) is 0 Å². The standard InChI is InChI=1S/C9H8O.Co.Fe.Mg.2H/c1-2-6-9-8(4-1)5-3-7-10-9;;;;;/h1-6H,7H2;;;;;. The predicted octanol–water partition coefficient (Wildman–Crippen LogP) is 1.17. The number of hydrogen-bond donors (Lipinski definition) is 0. The molecule has 1 heterocycles. The second-order valence-corrected chi connectivity index (χ2v) is 2.25. The minimum absolute atomic E-state index is 0. The van der Waals surface area contributed by atoms with Gasteiger partial charge in [-0.2, -0.15) is 0 Å². The molecule has 71 valence electrons. The Balaban J connectivity index is 0. The van der Waals surface area contributed by atoms with Crippen LogP contribution >= 0.6 is 0 Å². The van der Waals surface area contributed by atoms with Crippen LogP contribution < -0.4 is 4.74 Å². The molecule has 0 saturated carbocycles. The fourth-order valence-corrected chi connectivity index (χ4v) is 1.06. The Kier molecular flexibility index (Phi) is 9.74. The molecule has 1 nitrogen and oxygen atoms in total. The van der Waals surface area contributed by atoms with Crippen LogP contribution in [0.15, 0.2) is 30.3 Å². The van der Waals surface area contributed by atoms with Gasteiger partial charge in [-0.05, 0) is 12.1 Å². The second-order valence-electron chi connectivity index (χ2n) is 2.25. The van der Waals surface area contributed by atoms with Crippen LogP contribution in [0.25, 0.3) is 6.08 Å². The zero-order valence-electron chi connectivity index (χ0n) is 6.27. The van der Waals surface area contributed by atoms with Gasteiger partial charge in [0.15, 0.2) is 0 Å². The summed E-state index contributed by atoms with van der Waals surface area (Å²) in [7, 11) is 0. The number of rotatable bonds is 0. The van der Waals surface area contributed by atoms with Crippen LogP contribution in [-0.4, -0.2) is 29.7 Å². The molecular weight excluding hydrogens is 263 g/mol. The number of hydrogen-bond acceptors (Lipinski definition) is 1. The first-order chi connectivity index (χ1) is 4.97. The van der Waals surface area contributed by atoms with E-state index in [0.29, 0.717) is 6.61 Å². The van der Waals surface area contributed by atoms with Gasteiger partial charge in [-0.1, -0.05) is 24.3 Å². The number of benzene rings is 1. The molecule has 0 aliphatic carbocycles. The summed E-state index contributed by atoms with van der Waals surface area (Å²) in [5.41, 5.74) is 1.17. The summed E-state index contributed by atoms with van der Waals surface area (Å²) < 4.78 is 5.34. The summed E-state index contributed by atoms with van der Waals surface area (Å²) in [6.45, 7) is 0.705. The van der Waals surface area contributed by atoms with Crippen LogP contribution in [0.1, 0.15) is 5.56 Å². The molecule has 13 heavy (non-hydrogen) atoms. The topological polar surface area (TPSA) is 9.23 Å². The molecule has 0 spiro atoms. The Hall–Kier alpha value is 0.552. The average Bonchev–Trinajstić information content (AvgIpc) is 2.05. The normalized spacial score (nSPS) is 10.8. The summed E-state index contributed by atoms with van der Waals surface area (Å²) in [6.07, 6.45) is 4.10. The molecule has 0 bridgehead atoms. The van der Waals surface area contributed by atoms with Crippen molar-refractivity contribution in [3.8, 4) is 5.75 Å². The zero-order valence-corrected chi connectivity index (χ0v) is 8.41. The van der Waals surface area contributed by atoms with Gasteiger partial charge in [0.2, 0.25) is 0 Å². The van der Waals surface area contributed by atoms with Crippen molar-refractivity contribution < 1.29 is 38.6 Å². The SMILES string of the molecule is C1=Cc2ccccc2OC1.[Co].[Fe].[MgH2]. The van der Waals surface area contributed by atoms with E-state index < -0.39 is 0 Å². The van der Waals surface area contributed by atoms with Gasteiger partial charge in [0, 0.05) is 39.4 Å². The molecule has 0 saturated heterocycles. The molecule has 0 atom stereocenters. The van der Waals surface area contributed by atoms with Gasteiger partial charge in [0.25, 0.3) is 0 Å². The summed E-state index contributed by atoms with van der Waals surface area (Å²) in [6, 6.07) is 8.03. The van der Waals surface area contributed by atoms with Gasteiger partial charge in [0.1, 0.15) is 12.4 Å². The Morgan fingerprint density at radius 3 is 2.54 bits per heavy atom. The van der Waals surface area contributed by atoms with Gasteiger partial charge in [-0.3, -0.25) is 0 Å². The number of ether oxygens (including phenoxy) is 1. The van der Waals surface area contributed by atoms with E-state index in [1.165, 1.54) is 5.56 Å². The van der Waals surface area contributed by atoms with Crippen molar-refractivity contribution in [3.63, 3.8) is 0 Å². The third-order valence-electron chi connectivity index (χ3n) is 1.55. The van der Waals surface area contributed by atoms with Crippen molar-refractivity contribution in [2.24, 2.45) is 0 Å². The Morgan fingerprint density at radius 2 is 1.85 bits per heavy atom. The average molecular weight is 273 g/mol. The van der Waals surface area contributed by atoms with Crippen molar-refractivity contribution in [1.29, 1.82) is 0 Å². The van der Waals surface area contributed by atoms with Crippen LogP contribution in [0.5, 0.6) is 5.75 Å². The molecule has 1 aliphatic heterocycles. The Labute approximate surface area is 115 Å². The fourth-order valence-electron chi connectivity index (χ4n) is 1.06. The molecule has 0 unspecified atom stereocenters. The number of fused-ring (bicyclic) bond motifs is 1. The molecule has 2 rings (SSSR count). The van der Waals surface area contributed by atoms with E-state index >= 15 is 0 Å². The van der Waals surface area contributed by atoms with E-state index in [1.54, 1.807) is 0 Å². The fraction of sp³-hybridized carbons (Fsp3) is 0.111.